The van der Waals surface area contributed by atoms with E-state index in [0.29, 0.717) is 17.4 Å². The van der Waals surface area contributed by atoms with Gasteiger partial charge in [0, 0.05) is 25.3 Å². The van der Waals surface area contributed by atoms with Crippen molar-refractivity contribution in [1.82, 2.24) is 15.3 Å². The molecule has 2 rings (SSSR count). The number of amides is 1. The average Bonchev–Trinajstić information content (AvgIpc) is 2.48. The van der Waals surface area contributed by atoms with Gasteiger partial charge in [0.1, 0.15) is 11.6 Å². The molecule has 0 radical (unpaired) electrons. The Morgan fingerprint density at radius 3 is 2.76 bits per heavy atom. The fourth-order valence-corrected chi connectivity index (χ4v) is 1.98. The summed E-state index contributed by atoms with van der Waals surface area (Å²) in [5, 5.41) is 3.40. The third kappa shape index (κ3) is 4.43. The average molecular weight is 305 g/mol. The monoisotopic (exact) mass is 304 g/mol. The highest BCUT2D eigenvalue weighted by Gasteiger charge is 2.07. The number of nitrogens with one attached hydrogen (secondary N) is 1. The third-order valence-corrected chi connectivity index (χ3v) is 3.27. The molecule has 1 aromatic carbocycles. The number of nitrogens with zero attached hydrogens (tertiary/aromatic N) is 3. The van der Waals surface area contributed by atoms with Gasteiger partial charge in [-0.1, -0.05) is 29.8 Å². The van der Waals surface area contributed by atoms with Gasteiger partial charge in [-0.2, -0.15) is 0 Å². The normalized spacial score (nSPS) is 10.2. The van der Waals surface area contributed by atoms with Crippen molar-refractivity contribution in [2.45, 2.75) is 13.0 Å². The number of halogens is 1. The Bertz CT molecular complexity index is 631. The van der Waals surface area contributed by atoms with Crippen molar-refractivity contribution in [2.24, 2.45) is 0 Å². The van der Waals surface area contributed by atoms with Crippen molar-refractivity contribution in [3.63, 3.8) is 0 Å². The van der Waals surface area contributed by atoms with Gasteiger partial charge in [-0.3, -0.25) is 4.79 Å². The molecule has 0 atom stereocenters. The van der Waals surface area contributed by atoms with E-state index in [4.69, 9.17) is 11.6 Å². The van der Waals surface area contributed by atoms with E-state index in [9.17, 15) is 4.79 Å². The molecule has 5 nitrogen and oxygen atoms in total. The van der Waals surface area contributed by atoms with Crippen molar-refractivity contribution >= 4 is 23.3 Å². The summed E-state index contributed by atoms with van der Waals surface area (Å²) in [5.74, 6) is 1.27. The zero-order valence-electron chi connectivity index (χ0n) is 12.0. The summed E-state index contributed by atoms with van der Waals surface area (Å²) in [6, 6.07) is 9.12. The van der Waals surface area contributed by atoms with Gasteiger partial charge >= 0.3 is 0 Å². The van der Waals surface area contributed by atoms with Crippen molar-refractivity contribution in [2.75, 3.05) is 19.0 Å². The molecule has 0 aliphatic carbocycles. The zero-order valence-corrected chi connectivity index (χ0v) is 12.8. The van der Waals surface area contributed by atoms with Gasteiger partial charge in [-0.05, 0) is 17.7 Å². The van der Waals surface area contributed by atoms with Gasteiger partial charge in [-0.25, -0.2) is 9.97 Å². The molecule has 0 saturated heterocycles. The second kappa shape index (κ2) is 7.04. The van der Waals surface area contributed by atoms with Crippen LogP contribution in [-0.4, -0.2) is 30.0 Å². The minimum atomic E-state index is -0.109. The Labute approximate surface area is 129 Å². The molecule has 0 aliphatic rings. The van der Waals surface area contributed by atoms with E-state index in [-0.39, 0.29) is 12.3 Å². The van der Waals surface area contributed by atoms with E-state index in [1.54, 1.807) is 12.3 Å². The summed E-state index contributed by atoms with van der Waals surface area (Å²) < 4.78 is 0. The molecule has 1 amide bonds. The van der Waals surface area contributed by atoms with Crippen LogP contribution in [0.15, 0.2) is 36.5 Å². The van der Waals surface area contributed by atoms with Crippen LogP contribution in [0, 0.1) is 0 Å². The summed E-state index contributed by atoms with van der Waals surface area (Å²) in [6.45, 7) is 0.297. The number of carbonyl (C=O) groups is 1. The van der Waals surface area contributed by atoms with Crippen LogP contribution in [0.2, 0.25) is 5.02 Å². The number of anilines is 1. The summed E-state index contributed by atoms with van der Waals surface area (Å²) in [5.41, 5.74) is 0.805. The summed E-state index contributed by atoms with van der Waals surface area (Å²) >= 11 is 6.03. The molecule has 110 valence electrons. The molecule has 0 fully saturated rings. The fraction of sp³-hybridized carbons (Fsp3) is 0.267. The van der Waals surface area contributed by atoms with Crippen LogP contribution in [-0.2, 0) is 17.8 Å². The first-order valence-corrected chi connectivity index (χ1v) is 6.93. The summed E-state index contributed by atoms with van der Waals surface area (Å²) in [4.78, 5) is 22.3. The highest BCUT2D eigenvalue weighted by atomic mass is 35.5. The standard InChI is InChI=1S/C15H17ClN4O/c1-20(2)14-7-8-17-13(19-14)10-18-15(21)9-11-5-3-4-6-12(11)16/h3-8H,9-10H2,1-2H3,(H,18,21). The molecule has 0 unspecified atom stereocenters. The van der Waals surface area contributed by atoms with E-state index < -0.39 is 0 Å². The number of benzene rings is 1. The minimum absolute atomic E-state index is 0.109. The van der Waals surface area contributed by atoms with Crippen LogP contribution in [0.25, 0.3) is 0 Å². The highest BCUT2D eigenvalue weighted by Crippen LogP contribution is 2.15. The van der Waals surface area contributed by atoms with Crippen LogP contribution < -0.4 is 10.2 Å². The number of aromatic nitrogens is 2. The van der Waals surface area contributed by atoms with Crippen molar-refractivity contribution in [1.29, 1.82) is 0 Å². The molecular formula is C15H17ClN4O. The SMILES string of the molecule is CN(C)c1ccnc(CNC(=O)Cc2ccccc2Cl)n1. The molecule has 0 aliphatic heterocycles. The Balaban J connectivity index is 1.92. The Hall–Kier alpha value is -2.14. The van der Waals surface area contributed by atoms with Crippen LogP contribution in [0.1, 0.15) is 11.4 Å². The molecule has 1 N–H and O–H groups in total. The third-order valence-electron chi connectivity index (χ3n) is 2.90. The quantitative estimate of drug-likeness (QED) is 0.918. The molecule has 0 spiro atoms. The molecule has 0 saturated carbocycles. The van der Waals surface area contributed by atoms with Crippen LogP contribution in [0.4, 0.5) is 5.82 Å². The highest BCUT2D eigenvalue weighted by molar-refractivity contribution is 6.31. The van der Waals surface area contributed by atoms with Crippen LogP contribution in [0.3, 0.4) is 0 Å². The zero-order chi connectivity index (χ0) is 15.2. The smallest absolute Gasteiger partial charge is 0.224 e. The van der Waals surface area contributed by atoms with Gasteiger partial charge in [0.25, 0.3) is 0 Å². The Kier molecular flexibility index (Phi) is 5.11. The van der Waals surface area contributed by atoms with Crippen LogP contribution in [0.5, 0.6) is 0 Å². The van der Waals surface area contributed by atoms with E-state index in [2.05, 4.69) is 15.3 Å². The maximum atomic E-state index is 11.9. The van der Waals surface area contributed by atoms with E-state index >= 15 is 0 Å². The lowest BCUT2D eigenvalue weighted by atomic mass is 10.1. The van der Waals surface area contributed by atoms with Crippen molar-refractivity contribution in [3.8, 4) is 0 Å². The lowest BCUT2D eigenvalue weighted by Gasteiger charge is -2.12. The number of hydrogen-bond donors (Lipinski definition) is 1. The topological polar surface area (TPSA) is 58.1 Å². The Morgan fingerprint density at radius 2 is 2.05 bits per heavy atom. The molecule has 21 heavy (non-hydrogen) atoms. The van der Waals surface area contributed by atoms with Gasteiger partial charge in [0.2, 0.25) is 5.91 Å². The first kappa shape index (κ1) is 15.3. The molecule has 6 heteroatoms. The first-order valence-electron chi connectivity index (χ1n) is 6.55. The number of rotatable bonds is 5. The molecule has 0 bridgehead atoms. The molecule has 1 heterocycles. The lowest BCUT2D eigenvalue weighted by Crippen LogP contribution is -2.26. The largest absolute Gasteiger partial charge is 0.363 e. The second-order valence-electron chi connectivity index (χ2n) is 4.77. The fourth-order valence-electron chi connectivity index (χ4n) is 1.78. The van der Waals surface area contributed by atoms with Crippen LogP contribution >= 0.6 is 11.6 Å². The second-order valence-corrected chi connectivity index (χ2v) is 5.18. The van der Waals surface area contributed by atoms with E-state index in [1.165, 1.54) is 0 Å². The van der Waals surface area contributed by atoms with Gasteiger partial charge < -0.3 is 10.2 Å². The predicted molar refractivity (Wildman–Crippen MR) is 83.4 cm³/mol. The van der Waals surface area contributed by atoms with E-state index in [0.717, 1.165) is 11.4 Å². The molecule has 1 aromatic heterocycles. The summed E-state index contributed by atoms with van der Waals surface area (Å²) in [6.07, 6.45) is 1.92. The van der Waals surface area contributed by atoms with Gasteiger partial charge in [0.05, 0.1) is 13.0 Å². The van der Waals surface area contributed by atoms with Gasteiger partial charge in [0.15, 0.2) is 0 Å². The maximum absolute atomic E-state index is 11.9. The van der Waals surface area contributed by atoms with Gasteiger partial charge in [-0.15, -0.1) is 0 Å². The predicted octanol–water partition coefficient (Wildman–Crippen LogP) is 2.05. The minimum Gasteiger partial charge on any atom is -0.363 e. The number of hydrogen-bond acceptors (Lipinski definition) is 4. The molecule has 2 aromatic rings. The number of carbonyl (C=O) groups excluding carboxylic acids is 1. The summed E-state index contributed by atoms with van der Waals surface area (Å²) in [7, 11) is 3.81. The Morgan fingerprint density at radius 1 is 1.29 bits per heavy atom. The van der Waals surface area contributed by atoms with Crippen molar-refractivity contribution in [3.05, 3.63) is 52.9 Å². The first-order chi connectivity index (χ1) is 10.1. The van der Waals surface area contributed by atoms with E-state index in [1.807, 2.05) is 43.3 Å². The van der Waals surface area contributed by atoms with Crippen molar-refractivity contribution < 1.29 is 4.79 Å². The molecular weight excluding hydrogens is 288 g/mol. The maximum Gasteiger partial charge on any atom is 0.224 e. The lowest BCUT2D eigenvalue weighted by molar-refractivity contribution is -0.120.